The lowest BCUT2D eigenvalue weighted by atomic mass is 10.0. The second-order valence-electron chi connectivity index (χ2n) is 6.48. The fourth-order valence-electron chi connectivity index (χ4n) is 2.93. The van der Waals surface area contributed by atoms with Crippen molar-refractivity contribution in [2.75, 3.05) is 19.0 Å². The molecule has 3 aromatic rings. The Morgan fingerprint density at radius 2 is 2.00 bits per heavy atom. The summed E-state index contributed by atoms with van der Waals surface area (Å²) in [5.41, 5.74) is 1.18. The molecule has 0 aliphatic carbocycles. The van der Waals surface area contributed by atoms with E-state index in [2.05, 4.69) is 37.9 Å². The SMILES string of the molecule is COc1cc2nc(C)nc(N[C@H](C)c3cccc(C(F)(F)CO)c3)c2cc1I. The second kappa shape index (κ2) is 8.12. The van der Waals surface area contributed by atoms with Crippen molar-refractivity contribution in [1.82, 2.24) is 9.97 Å². The van der Waals surface area contributed by atoms with Crippen LogP contribution in [0.25, 0.3) is 10.9 Å². The van der Waals surface area contributed by atoms with Gasteiger partial charge in [0, 0.05) is 23.1 Å². The Bertz CT molecular complexity index is 1010. The van der Waals surface area contributed by atoms with Crippen LogP contribution in [0.5, 0.6) is 5.75 Å². The van der Waals surface area contributed by atoms with Crippen molar-refractivity contribution in [2.24, 2.45) is 0 Å². The van der Waals surface area contributed by atoms with Crippen LogP contribution in [-0.2, 0) is 5.92 Å². The maximum absolute atomic E-state index is 13.8. The van der Waals surface area contributed by atoms with E-state index in [1.54, 1.807) is 26.2 Å². The molecule has 0 saturated carbocycles. The second-order valence-corrected chi connectivity index (χ2v) is 7.64. The lowest BCUT2D eigenvalue weighted by molar-refractivity contribution is -0.0556. The molecule has 1 aromatic heterocycles. The Morgan fingerprint density at radius 1 is 1.25 bits per heavy atom. The molecule has 0 fully saturated rings. The van der Waals surface area contributed by atoms with Gasteiger partial charge in [-0.05, 0) is 54.1 Å². The van der Waals surface area contributed by atoms with Crippen LogP contribution in [0.2, 0.25) is 0 Å². The number of halogens is 3. The van der Waals surface area contributed by atoms with Crippen LogP contribution in [0.15, 0.2) is 36.4 Å². The number of aryl methyl sites for hydroxylation is 1. The van der Waals surface area contributed by atoms with Crippen LogP contribution in [0.4, 0.5) is 14.6 Å². The summed E-state index contributed by atoms with van der Waals surface area (Å²) in [7, 11) is 1.60. The van der Waals surface area contributed by atoms with Crippen LogP contribution in [0, 0.1) is 10.5 Å². The van der Waals surface area contributed by atoms with Gasteiger partial charge >= 0.3 is 0 Å². The number of aliphatic hydroxyl groups is 1. The minimum Gasteiger partial charge on any atom is -0.496 e. The van der Waals surface area contributed by atoms with Gasteiger partial charge in [-0.15, -0.1) is 0 Å². The van der Waals surface area contributed by atoms with E-state index < -0.39 is 12.5 Å². The lowest BCUT2D eigenvalue weighted by Crippen LogP contribution is -2.19. The first-order chi connectivity index (χ1) is 13.2. The summed E-state index contributed by atoms with van der Waals surface area (Å²) >= 11 is 2.18. The fourth-order valence-corrected chi connectivity index (χ4v) is 3.62. The third-order valence-electron chi connectivity index (χ3n) is 4.44. The molecule has 8 heteroatoms. The van der Waals surface area contributed by atoms with E-state index in [0.717, 1.165) is 20.2 Å². The van der Waals surface area contributed by atoms with Crippen molar-refractivity contribution in [1.29, 1.82) is 0 Å². The molecule has 0 saturated heterocycles. The molecular formula is C20H20F2IN3O2. The summed E-state index contributed by atoms with van der Waals surface area (Å²) in [5, 5.41) is 13.1. The number of alkyl halides is 2. The molecule has 1 heterocycles. The lowest BCUT2D eigenvalue weighted by Gasteiger charge is -2.20. The van der Waals surface area contributed by atoms with Crippen molar-refractivity contribution in [3.63, 3.8) is 0 Å². The summed E-state index contributed by atoms with van der Waals surface area (Å²) < 4.78 is 33.9. The number of hydrogen-bond donors (Lipinski definition) is 2. The molecule has 3 rings (SSSR count). The van der Waals surface area contributed by atoms with E-state index in [-0.39, 0.29) is 11.6 Å². The average molecular weight is 499 g/mol. The Labute approximate surface area is 175 Å². The van der Waals surface area contributed by atoms with Gasteiger partial charge in [0.15, 0.2) is 0 Å². The minimum atomic E-state index is -3.28. The number of fused-ring (bicyclic) bond motifs is 1. The number of anilines is 1. The normalized spacial score (nSPS) is 12.8. The molecule has 0 radical (unpaired) electrons. The van der Waals surface area contributed by atoms with Crippen molar-refractivity contribution < 1.29 is 18.6 Å². The zero-order valence-electron chi connectivity index (χ0n) is 15.6. The highest BCUT2D eigenvalue weighted by atomic mass is 127. The first-order valence-corrected chi connectivity index (χ1v) is 9.70. The minimum absolute atomic E-state index is 0.218. The highest BCUT2D eigenvalue weighted by Gasteiger charge is 2.30. The number of hydrogen-bond acceptors (Lipinski definition) is 5. The van der Waals surface area contributed by atoms with E-state index in [1.165, 1.54) is 12.1 Å². The molecule has 0 bridgehead atoms. The van der Waals surface area contributed by atoms with Crippen LogP contribution >= 0.6 is 22.6 Å². The molecule has 0 spiro atoms. The summed E-state index contributed by atoms with van der Waals surface area (Å²) in [4.78, 5) is 8.96. The average Bonchev–Trinajstić information content (AvgIpc) is 2.68. The van der Waals surface area contributed by atoms with E-state index >= 15 is 0 Å². The highest BCUT2D eigenvalue weighted by molar-refractivity contribution is 14.1. The number of nitrogens with zero attached hydrogens (tertiary/aromatic N) is 2. The standard InChI is InChI=1S/C20H20F2IN3O2/c1-11(13-5-4-6-14(7-13)20(21,22)10-27)24-19-15-8-16(23)18(28-3)9-17(15)25-12(2)26-19/h4-9,11,27H,10H2,1-3H3,(H,24,25,26)/t11-/m1/s1. The summed E-state index contributed by atoms with van der Waals surface area (Å²) in [5.74, 6) is -1.34. The zero-order valence-corrected chi connectivity index (χ0v) is 17.8. The molecule has 0 unspecified atom stereocenters. The van der Waals surface area contributed by atoms with E-state index in [9.17, 15) is 8.78 Å². The van der Waals surface area contributed by atoms with Gasteiger partial charge in [0.25, 0.3) is 5.92 Å². The van der Waals surface area contributed by atoms with E-state index in [4.69, 9.17) is 9.84 Å². The number of rotatable bonds is 6. The monoisotopic (exact) mass is 499 g/mol. The van der Waals surface area contributed by atoms with Crippen molar-refractivity contribution in [2.45, 2.75) is 25.8 Å². The Hall–Kier alpha value is -2.07. The van der Waals surface area contributed by atoms with Crippen LogP contribution in [0.1, 0.15) is 29.9 Å². The van der Waals surface area contributed by atoms with Crippen LogP contribution in [0.3, 0.4) is 0 Å². The van der Waals surface area contributed by atoms with E-state index in [1.807, 2.05) is 19.1 Å². The van der Waals surface area contributed by atoms with E-state index in [0.29, 0.717) is 17.2 Å². The van der Waals surface area contributed by atoms with Gasteiger partial charge in [-0.25, -0.2) is 9.97 Å². The predicted molar refractivity (Wildman–Crippen MR) is 113 cm³/mol. The largest absolute Gasteiger partial charge is 0.496 e. The van der Waals surface area contributed by atoms with Gasteiger partial charge in [0.05, 0.1) is 16.2 Å². The number of benzene rings is 2. The molecule has 0 amide bonds. The molecule has 1 atom stereocenters. The summed E-state index contributed by atoms with van der Waals surface area (Å²) in [6, 6.07) is 9.53. The summed E-state index contributed by atoms with van der Waals surface area (Å²) in [6.45, 7) is 2.43. The number of aromatic nitrogens is 2. The Kier molecular flexibility index (Phi) is 5.99. The Balaban J connectivity index is 1.99. The van der Waals surface area contributed by atoms with Gasteiger partial charge in [-0.2, -0.15) is 8.78 Å². The van der Waals surface area contributed by atoms with Crippen molar-refractivity contribution >= 4 is 39.3 Å². The number of methoxy groups -OCH3 is 1. The van der Waals surface area contributed by atoms with Gasteiger partial charge in [0.1, 0.15) is 24.0 Å². The molecule has 28 heavy (non-hydrogen) atoms. The smallest absolute Gasteiger partial charge is 0.295 e. The summed E-state index contributed by atoms with van der Waals surface area (Å²) in [6.07, 6.45) is 0. The fraction of sp³-hybridized carbons (Fsp3) is 0.300. The highest BCUT2D eigenvalue weighted by Crippen LogP contribution is 2.33. The molecule has 5 nitrogen and oxygen atoms in total. The quantitative estimate of drug-likeness (QED) is 0.477. The third-order valence-corrected chi connectivity index (χ3v) is 5.28. The van der Waals surface area contributed by atoms with Crippen molar-refractivity contribution in [3.05, 3.63) is 56.9 Å². The molecule has 0 aliphatic heterocycles. The van der Waals surface area contributed by atoms with Crippen LogP contribution < -0.4 is 10.1 Å². The number of ether oxygens (including phenoxy) is 1. The Morgan fingerprint density at radius 3 is 2.68 bits per heavy atom. The van der Waals surface area contributed by atoms with Gasteiger partial charge in [-0.3, -0.25) is 0 Å². The van der Waals surface area contributed by atoms with Crippen LogP contribution in [-0.4, -0.2) is 28.8 Å². The molecule has 2 N–H and O–H groups in total. The van der Waals surface area contributed by atoms with Gasteiger partial charge in [-0.1, -0.05) is 18.2 Å². The maximum Gasteiger partial charge on any atom is 0.295 e. The molecule has 2 aromatic carbocycles. The predicted octanol–water partition coefficient (Wildman–Crippen LogP) is 4.81. The number of aliphatic hydroxyl groups excluding tert-OH is 1. The first kappa shape index (κ1) is 20.7. The molecular weight excluding hydrogens is 479 g/mol. The van der Waals surface area contributed by atoms with Crippen molar-refractivity contribution in [3.8, 4) is 5.75 Å². The first-order valence-electron chi connectivity index (χ1n) is 8.62. The molecule has 0 aliphatic rings. The number of nitrogens with one attached hydrogen (secondary N) is 1. The van der Waals surface area contributed by atoms with Gasteiger partial charge < -0.3 is 15.2 Å². The molecule has 148 valence electrons. The maximum atomic E-state index is 13.8. The van der Waals surface area contributed by atoms with Gasteiger partial charge in [0.2, 0.25) is 0 Å². The topological polar surface area (TPSA) is 67.3 Å². The zero-order chi connectivity index (χ0) is 20.5. The third kappa shape index (κ3) is 4.17.